The Kier molecular flexibility index (Phi) is 3.19. The molecule has 3 nitrogen and oxygen atoms in total. The van der Waals surface area contributed by atoms with Gasteiger partial charge in [-0.2, -0.15) is 0 Å². The van der Waals surface area contributed by atoms with Crippen molar-refractivity contribution in [1.82, 2.24) is 4.98 Å². The topological polar surface area (TPSA) is 39.2 Å². The molecule has 82 valence electrons. The summed E-state index contributed by atoms with van der Waals surface area (Å²) in [4.78, 5) is 15.2. The molecular weight excluding hydrogens is 270 g/mol. The Balaban J connectivity index is 2.43. The fourth-order valence-electron chi connectivity index (χ4n) is 1.52. The van der Waals surface area contributed by atoms with E-state index in [-0.39, 0.29) is 5.97 Å². The van der Waals surface area contributed by atoms with E-state index in [1.807, 2.05) is 18.2 Å². The van der Waals surface area contributed by atoms with Crippen molar-refractivity contribution in [1.29, 1.82) is 0 Å². The fourth-order valence-corrected chi connectivity index (χ4v) is 1.99. The van der Waals surface area contributed by atoms with Crippen molar-refractivity contribution in [3.8, 4) is 0 Å². The summed E-state index contributed by atoms with van der Waals surface area (Å²) in [5, 5.41) is 2.10. The van der Waals surface area contributed by atoms with Crippen molar-refractivity contribution < 1.29 is 9.53 Å². The lowest BCUT2D eigenvalue weighted by Gasteiger charge is -2.03. The summed E-state index contributed by atoms with van der Waals surface area (Å²) >= 11 is 3.44. The maximum absolute atomic E-state index is 11.2. The van der Waals surface area contributed by atoms with Crippen molar-refractivity contribution in [2.75, 3.05) is 7.11 Å². The number of hydrogen-bond acceptors (Lipinski definition) is 3. The number of benzene rings is 1. The highest BCUT2D eigenvalue weighted by molar-refractivity contribution is 9.10. The second-order valence-corrected chi connectivity index (χ2v) is 4.28. The van der Waals surface area contributed by atoms with Gasteiger partial charge in [-0.3, -0.25) is 9.78 Å². The van der Waals surface area contributed by atoms with Crippen LogP contribution in [-0.4, -0.2) is 18.1 Å². The second-order valence-electron chi connectivity index (χ2n) is 3.43. The van der Waals surface area contributed by atoms with Crippen LogP contribution in [0.15, 0.2) is 35.1 Å². The zero-order chi connectivity index (χ0) is 11.5. The van der Waals surface area contributed by atoms with E-state index in [0.29, 0.717) is 6.42 Å². The van der Waals surface area contributed by atoms with Crippen molar-refractivity contribution in [2.24, 2.45) is 0 Å². The summed E-state index contributed by atoms with van der Waals surface area (Å²) in [7, 11) is 1.39. The van der Waals surface area contributed by atoms with Crippen LogP contribution >= 0.6 is 15.9 Å². The molecule has 1 aromatic heterocycles. The van der Waals surface area contributed by atoms with Crippen LogP contribution in [0.5, 0.6) is 0 Å². The molecule has 0 spiro atoms. The predicted octanol–water partition coefficient (Wildman–Crippen LogP) is 2.71. The van der Waals surface area contributed by atoms with Crippen LogP contribution in [0.4, 0.5) is 0 Å². The van der Waals surface area contributed by atoms with Gasteiger partial charge in [-0.25, -0.2) is 0 Å². The highest BCUT2D eigenvalue weighted by atomic mass is 79.9. The summed E-state index contributed by atoms with van der Waals surface area (Å²) in [6, 6.07) is 5.83. The lowest BCUT2D eigenvalue weighted by molar-refractivity contribution is -0.139. The van der Waals surface area contributed by atoms with Gasteiger partial charge in [0.1, 0.15) is 0 Å². The number of pyridine rings is 1. The Morgan fingerprint density at radius 2 is 2.25 bits per heavy atom. The summed E-state index contributed by atoms with van der Waals surface area (Å²) < 4.78 is 5.56. The van der Waals surface area contributed by atoms with E-state index in [1.54, 1.807) is 12.4 Å². The van der Waals surface area contributed by atoms with Crippen molar-refractivity contribution >= 4 is 32.7 Å². The molecule has 0 bridgehead atoms. The SMILES string of the molecule is COC(=O)Cc1ccc2cncc(Br)c2c1. The van der Waals surface area contributed by atoms with Crippen LogP contribution in [0.3, 0.4) is 0 Å². The standard InChI is InChI=1S/C12H10BrNO2/c1-16-12(15)5-8-2-3-9-6-14-7-11(13)10(9)4-8/h2-4,6-7H,5H2,1H3. The first-order chi connectivity index (χ1) is 7.70. The van der Waals surface area contributed by atoms with Crippen LogP contribution in [0, 0.1) is 0 Å². The van der Waals surface area contributed by atoms with Gasteiger partial charge < -0.3 is 4.74 Å². The van der Waals surface area contributed by atoms with Gasteiger partial charge in [0.15, 0.2) is 0 Å². The maximum atomic E-state index is 11.2. The molecule has 0 fully saturated rings. The first-order valence-corrected chi connectivity index (χ1v) is 5.59. The quantitative estimate of drug-likeness (QED) is 0.794. The van der Waals surface area contributed by atoms with Crippen LogP contribution in [-0.2, 0) is 16.0 Å². The smallest absolute Gasteiger partial charge is 0.309 e. The van der Waals surface area contributed by atoms with Crippen molar-refractivity contribution in [3.05, 3.63) is 40.6 Å². The number of halogens is 1. The number of nitrogens with zero attached hydrogens (tertiary/aromatic N) is 1. The first-order valence-electron chi connectivity index (χ1n) is 4.79. The number of aromatic nitrogens is 1. The monoisotopic (exact) mass is 279 g/mol. The van der Waals surface area contributed by atoms with E-state index in [9.17, 15) is 4.79 Å². The van der Waals surface area contributed by atoms with Crippen LogP contribution in [0.2, 0.25) is 0 Å². The Bertz CT molecular complexity index is 540. The molecule has 2 rings (SSSR count). The molecule has 16 heavy (non-hydrogen) atoms. The summed E-state index contributed by atoms with van der Waals surface area (Å²) in [5.74, 6) is -0.232. The van der Waals surface area contributed by atoms with E-state index in [2.05, 4.69) is 25.7 Å². The first kappa shape index (κ1) is 11.1. The van der Waals surface area contributed by atoms with Gasteiger partial charge in [0.2, 0.25) is 0 Å². The average molecular weight is 280 g/mol. The number of carbonyl (C=O) groups is 1. The number of methoxy groups -OCH3 is 1. The number of esters is 1. The van der Waals surface area contributed by atoms with E-state index >= 15 is 0 Å². The number of rotatable bonds is 2. The van der Waals surface area contributed by atoms with E-state index in [4.69, 9.17) is 0 Å². The summed E-state index contributed by atoms with van der Waals surface area (Å²) in [6.07, 6.45) is 3.83. The molecule has 0 saturated heterocycles. The molecule has 0 aliphatic heterocycles. The molecule has 1 aromatic carbocycles. The van der Waals surface area contributed by atoms with Gasteiger partial charge in [0.25, 0.3) is 0 Å². The van der Waals surface area contributed by atoms with Gasteiger partial charge in [-0.05, 0) is 32.9 Å². The Hall–Kier alpha value is -1.42. The molecule has 0 saturated carbocycles. The number of fused-ring (bicyclic) bond motifs is 1. The second kappa shape index (κ2) is 4.61. The third-order valence-electron chi connectivity index (χ3n) is 2.35. The summed E-state index contributed by atoms with van der Waals surface area (Å²) in [5.41, 5.74) is 0.936. The van der Waals surface area contributed by atoms with Crippen LogP contribution in [0.1, 0.15) is 5.56 Å². The van der Waals surface area contributed by atoms with Crippen molar-refractivity contribution in [2.45, 2.75) is 6.42 Å². The molecule has 0 N–H and O–H groups in total. The maximum Gasteiger partial charge on any atom is 0.309 e. The highest BCUT2D eigenvalue weighted by Crippen LogP contribution is 2.23. The third-order valence-corrected chi connectivity index (χ3v) is 2.98. The number of carbonyl (C=O) groups excluding carboxylic acids is 1. The van der Waals surface area contributed by atoms with E-state index < -0.39 is 0 Å². The molecule has 2 aromatic rings. The Morgan fingerprint density at radius 3 is 3.00 bits per heavy atom. The largest absolute Gasteiger partial charge is 0.469 e. The lowest BCUT2D eigenvalue weighted by atomic mass is 10.1. The van der Waals surface area contributed by atoms with Gasteiger partial charge in [-0.15, -0.1) is 0 Å². The minimum atomic E-state index is -0.232. The number of hydrogen-bond donors (Lipinski definition) is 0. The Labute approximate surface area is 102 Å². The molecule has 0 radical (unpaired) electrons. The van der Waals surface area contributed by atoms with Gasteiger partial charge in [0.05, 0.1) is 13.5 Å². The predicted molar refractivity (Wildman–Crippen MR) is 65.2 cm³/mol. The molecule has 0 aliphatic carbocycles. The van der Waals surface area contributed by atoms with Crippen LogP contribution in [0.25, 0.3) is 10.8 Å². The minimum Gasteiger partial charge on any atom is -0.469 e. The van der Waals surface area contributed by atoms with Gasteiger partial charge >= 0.3 is 5.97 Å². The molecule has 0 amide bonds. The molecule has 0 unspecified atom stereocenters. The average Bonchev–Trinajstić information content (AvgIpc) is 2.30. The minimum absolute atomic E-state index is 0.232. The van der Waals surface area contributed by atoms with E-state index in [1.165, 1.54) is 7.11 Å². The normalized spacial score (nSPS) is 10.4. The van der Waals surface area contributed by atoms with Crippen molar-refractivity contribution in [3.63, 3.8) is 0 Å². The zero-order valence-electron chi connectivity index (χ0n) is 8.74. The number of ether oxygens (including phenoxy) is 1. The fraction of sp³-hybridized carbons (Fsp3) is 0.167. The van der Waals surface area contributed by atoms with Crippen LogP contribution < -0.4 is 0 Å². The molecular formula is C12H10BrNO2. The molecule has 0 atom stereocenters. The lowest BCUT2D eigenvalue weighted by Crippen LogP contribution is -2.04. The highest BCUT2D eigenvalue weighted by Gasteiger charge is 2.05. The Morgan fingerprint density at radius 1 is 1.44 bits per heavy atom. The third kappa shape index (κ3) is 2.22. The van der Waals surface area contributed by atoms with E-state index in [0.717, 1.165) is 20.8 Å². The van der Waals surface area contributed by atoms with Gasteiger partial charge in [-0.1, -0.05) is 12.1 Å². The molecule has 1 heterocycles. The zero-order valence-corrected chi connectivity index (χ0v) is 10.3. The summed E-state index contributed by atoms with van der Waals surface area (Å²) in [6.45, 7) is 0. The molecule has 4 heteroatoms. The van der Waals surface area contributed by atoms with Gasteiger partial charge in [0, 0.05) is 22.3 Å². The molecule has 0 aliphatic rings.